The van der Waals surface area contributed by atoms with Gasteiger partial charge >= 0.3 is 5.97 Å². The zero-order valence-electron chi connectivity index (χ0n) is 9.46. The highest BCUT2D eigenvalue weighted by Crippen LogP contribution is 2.64. The first-order valence-electron chi connectivity index (χ1n) is 4.98. The first-order chi connectivity index (χ1) is 7.12. The first kappa shape index (κ1) is 13.6. The third kappa shape index (κ3) is 2.28. The van der Waals surface area contributed by atoms with E-state index in [0.29, 0.717) is 6.42 Å². The average molecular weight is 268 g/mol. The molecule has 1 saturated carbocycles. The fourth-order valence-corrected chi connectivity index (χ4v) is 2.32. The van der Waals surface area contributed by atoms with Crippen molar-refractivity contribution in [3.05, 3.63) is 0 Å². The van der Waals surface area contributed by atoms with E-state index in [1.807, 2.05) is 0 Å². The van der Waals surface area contributed by atoms with E-state index in [1.54, 1.807) is 20.9 Å². The summed E-state index contributed by atoms with van der Waals surface area (Å²) in [5, 5.41) is 8.74. The lowest BCUT2D eigenvalue weighted by Gasteiger charge is -2.23. The van der Waals surface area contributed by atoms with Gasteiger partial charge in [0.2, 0.25) is 5.91 Å². The Balaban J connectivity index is 2.60. The Morgan fingerprint density at radius 2 is 1.94 bits per heavy atom. The van der Waals surface area contributed by atoms with Gasteiger partial charge in [-0.25, -0.2) is 0 Å². The van der Waals surface area contributed by atoms with E-state index in [9.17, 15) is 9.59 Å². The summed E-state index contributed by atoms with van der Waals surface area (Å²) in [5.41, 5.74) is -0.775. The highest BCUT2D eigenvalue weighted by molar-refractivity contribution is 6.53. The minimum Gasteiger partial charge on any atom is -0.481 e. The number of hydrogen-bond donors (Lipinski definition) is 1. The molecule has 0 spiro atoms. The van der Waals surface area contributed by atoms with Crippen LogP contribution in [0.2, 0.25) is 0 Å². The summed E-state index contributed by atoms with van der Waals surface area (Å²) in [6, 6.07) is 0. The van der Waals surface area contributed by atoms with E-state index in [0.717, 1.165) is 0 Å². The van der Waals surface area contributed by atoms with Crippen molar-refractivity contribution in [1.29, 1.82) is 0 Å². The summed E-state index contributed by atoms with van der Waals surface area (Å²) in [5.74, 6) is -1.73. The van der Waals surface area contributed by atoms with Crippen LogP contribution in [0, 0.1) is 11.3 Å². The second-order valence-corrected chi connectivity index (χ2v) is 6.12. The number of carboxylic acids is 1. The molecule has 16 heavy (non-hydrogen) atoms. The van der Waals surface area contributed by atoms with Crippen LogP contribution in [-0.2, 0) is 9.59 Å². The molecule has 0 aromatic heterocycles. The number of carbonyl (C=O) groups is 2. The minimum absolute atomic E-state index is 0.160. The lowest BCUT2D eigenvalue weighted by molar-refractivity contribution is -0.143. The third-order valence-corrected chi connectivity index (χ3v) is 4.15. The van der Waals surface area contributed by atoms with Gasteiger partial charge in [0.05, 0.1) is 11.3 Å². The van der Waals surface area contributed by atoms with Gasteiger partial charge in [0.25, 0.3) is 0 Å². The number of rotatable bonds is 4. The third-order valence-electron chi connectivity index (χ3n) is 3.05. The quantitative estimate of drug-likeness (QED) is 0.790. The molecule has 1 N–H and O–H groups in total. The number of alkyl halides is 2. The van der Waals surface area contributed by atoms with Crippen LogP contribution >= 0.6 is 23.2 Å². The van der Waals surface area contributed by atoms with E-state index in [-0.39, 0.29) is 12.5 Å². The normalized spacial score (nSPS) is 28.3. The van der Waals surface area contributed by atoms with Gasteiger partial charge in [-0.2, -0.15) is 0 Å². The molecular formula is C10H15Cl2NO3. The van der Waals surface area contributed by atoms with Crippen LogP contribution in [0.5, 0.6) is 0 Å². The zero-order chi connectivity index (χ0) is 12.7. The number of carbonyl (C=O) groups excluding carboxylic acids is 1. The van der Waals surface area contributed by atoms with Crippen LogP contribution in [0.25, 0.3) is 0 Å². The molecular weight excluding hydrogens is 253 g/mol. The maximum absolute atomic E-state index is 12.0. The monoisotopic (exact) mass is 267 g/mol. The smallest absolute Gasteiger partial charge is 0.308 e. The van der Waals surface area contributed by atoms with E-state index in [4.69, 9.17) is 28.3 Å². The Morgan fingerprint density at radius 1 is 1.50 bits per heavy atom. The first-order valence-corrected chi connectivity index (χ1v) is 5.73. The van der Waals surface area contributed by atoms with E-state index >= 15 is 0 Å². The van der Waals surface area contributed by atoms with Crippen molar-refractivity contribution in [1.82, 2.24) is 4.90 Å². The van der Waals surface area contributed by atoms with E-state index < -0.39 is 21.6 Å². The summed E-state index contributed by atoms with van der Waals surface area (Å²) in [6.45, 7) is 3.40. The van der Waals surface area contributed by atoms with Gasteiger partial charge in [-0.05, 0) is 13.3 Å². The summed E-state index contributed by atoms with van der Waals surface area (Å²) >= 11 is 11.8. The van der Waals surface area contributed by atoms with Crippen molar-refractivity contribution < 1.29 is 14.7 Å². The van der Waals surface area contributed by atoms with Crippen molar-refractivity contribution in [3.8, 4) is 0 Å². The molecule has 0 aromatic rings. The van der Waals surface area contributed by atoms with Gasteiger partial charge in [0.1, 0.15) is 4.33 Å². The molecule has 1 fully saturated rings. The van der Waals surface area contributed by atoms with Crippen LogP contribution in [0.1, 0.15) is 20.3 Å². The molecule has 6 heteroatoms. The molecule has 4 nitrogen and oxygen atoms in total. The van der Waals surface area contributed by atoms with Gasteiger partial charge < -0.3 is 10.0 Å². The predicted octanol–water partition coefficient (Wildman–Crippen LogP) is 1.75. The summed E-state index contributed by atoms with van der Waals surface area (Å²) in [6.07, 6.45) is 0.410. The molecule has 1 amide bonds. The molecule has 2 atom stereocenters. The molecule has 0 bridgehead atoms. The van der Waals surface area contributed by atoms with E-state index in [2.05, 4.69) is 0 Å². The average Bonchev–Trinajstić information content (AvgIpc) is 2.65. The topological polar surface area (TPSA) is 57.6 Å². The maximum Gasteiger partial charge on any atom is 0.308 e. The Labute approximate surface area is 105 Å². The van der Waals surface area contributed by atoms with Crippen LogP contribution < -0.4 is 0 Å². The second kappa shape index (κ2) is 4.08. The molecule has 2 unspecified atom stereocenters. The lowest BCUT2D eigenvalue weighted by Crippen LogP contribution is -2.39. The Bertz CT molecular complexity index is 332. The molecule has 92 valence electrons. The van der Waals surface area contributed by atoms with Crippen molar-refractivity contribution in [2.75, 3.05) is 13.6 Å². The molecule has 1 aliphatic carbocycles. The molecule has 0 saturated heterocycles. The number of aliphatic carboxylic acids is 1. The van der Waals surface area contributed by atoms with Gasteiger partial charge in [0.15, 0.2) is 0 Å². The SMILES string of the molecule is CC(CN(C)C(=O)C1(C)CC1(Cl)Cl)C(=O)O. The Kier molecular flexibility index (Phi) is 3.46. The standard InChI is InChI=1S/C10H15Cl2NO3/c1-6(7(14)15)4-13(3)8(16)9(2)5-10(9,11)12/h6H,4-5H2,1-3H3,(H,14,15). The molecule has 0 aliphatic heterocycles. The minimum atomic E-state index is -1.01. The fourth-order valence-electron chi connectivity index (χ4n) is 1.62. The molecule has 1 aliphatic rings. The second-order valence-electron chi connectivity index (χ2n) is 4.64. The fraction of sp³-hybridized carbons (Fsp3) is 0.800. The van der Waals surface area contributed by atoms with Gasteiger partial charge in [-0.1, -0.05) is 6.92 Å². The zero-order valence-corrected chi connectivity index (χ0v) is 11.0. The maximum atomic E-state index is 12.0. The largest absolute Gasteiger partial charge is 0.481 e. The van der Waals surface area contributed by atoms with Crippen molar-refractivity contribution in [2.45, 2.75) is 24.6 Å². The van der Waals surface area contributed by atoms with Crippen molar-refractivity contribution >= 4 is 35.1 Å². The molecule has 0 radical (unpaired) electrons. The van der Waals surface area contributed by atoms with E-state index in [1.165, 1.54) is 4.90 Å². The molecule has 0 aromatic carbocycles. The Hall–Kier alpha value is -0.480. The number of amides is 1. The van der Waals surface area contributed by atoms with Gasteiger partial charge in [0, 0.05) is 13.6 Å². The number of nitrogens with zero attached hydrogens (tertiary/aromatic N) is 1. The van der Waals surface area contributed by atoms with Crippen LogP contribution in [-0.4, -0.2) is 39.8 Å². The van der Waals surface area contributed by atoms with Gasteiger partial charge in [-0.15, -0.1) is 23.2 Å². The predicted molar refractivity (Wildman–Crippen MR) is 61.6 cm³/mol. The number of hydrogen-bond acceptors (Lipinski definition) is 2. The number of carboxylic acid groups (broad SMARTS) is 1. The summed E-state index contributed by atoms with van der Waals surface area (Å²) in [7, 11) is 1.56. The number of halogens is 2. The summed E-state index contributed by atoms with van der Waals surface area (Å²) < 4.78 is -1.01. The van der Waals surface area contributed by atoms with Crippen molar-refractivity contribution in [3.63, 3.8) is 0 Å². The van der Waals surface area contributed by atoms with Crippen LogP contribution in [0.15, 0.2) is 0 Å². The van der Waals surface area contributed by atoms with Crippen LogP contribution in [0.4, 0.5) is 0 Å². The Morgan fingerprint density at radius 3 is 2.25 bits per heavy atom. The highest BCUT2D eigenvalue weighted by Gasteiger charge is 2.68. The summed E-state index contributed by atoms with van der Waals surface area (Å²) in [4.78, 5) is 24.0. The molecule has 0 heterocycles. The highest BCUT2D eigenvalue weighted by atomic mass is 35.5. The van der Waals surface area contributed by atoms with Crippen LogP contribution in [0.3, 0.4) is 0 Å². The van der Waals surface area contributed by atoms with Crippen molar-refractivity contribution in [2.24, 2.45) is 11.3 Å². The lowest BCUT2D eigenvalue weighted by atomic mass is 10.1. The molecule has 1 rings (SSSR count). The van der Waals surface area contributed by atoms with Gasteiger partial charge in [-0.3, -0.25) is 9.59 Å².